The molecule has 17 heavy (non-hydrogen) atoms. The maximum Gasteiger partial charge on any atom is 0.146 e. The number of nitrogens with zero attached hydrogens (tertiary/aromatic N) is 1. The molecule has 0 unspecified atom stereocenters. The van der Waals surface area contributed by atoms with E-state index in [1.807, 2.05) is 0 Å². The number of likely N-dealkylation sites (tertiary alicyclic amines) is 1. The lowest BCUT2D eigenvalue weighted by molar-refractivity contribution is 0.352. The van der Waals surface area contributed by atoms with Gasteiger partial charge in [0.05, 0.1) is 5.69 Å². The van der Waals surface area contributed by atoms with E-state index in [0.717, 1.165) is 19.6 Å². The molecule has 0 aliphatic carbocycles. The normalized spacial score (nSPS) is 16.4. The summed E-state index contributed by atoms with van der Waals surface area (Å²) in [6.07, 6.45) is 2.49. The number of anilines is 1. The predicted molar refractivity (Wildman–Crippen MR) is 65.3 cm³/mol. The summed E-state index contributed by atoms with van der Waals surface area (Å²) in [7, 11) is 0. The van der Waals surface area contributed by atoms with E-state index in [2.05, 4.69) is 10.2 Å². The van der Waals surface area contributed by atoms with E-state index in [-0.39, 0.29) is 17.3 Å². The summed E-state index contributed by atoms with van der Waals surface area (Å²) in [6.45, 7) is 5.33. The van der Waals surface area contributed by atoms with Crippen LogP contribution in [-0.4, -0.2) is 31.1 Å². The van der Waals surface area contributed by atoms with Crippen molar-refractivity contribution >= 4 is 5.69 Å². The van der Waals surface area contributed by atoms with Crippen LogP contribution < -0.4 is 5.32 Å². The van der Waals surface area contributed by atoms with Gasteiger partial charge < -0.3 is 10.2 Å². The molecule has 0 atom stereocenters. The Morgan fingerprint density at radius 3 is 2.59 bits per heavy atom. The molecule has 2 nitrogen and oxygen atoms in total. The van der Waals surface area contributed by atoms with Gasteiger partial charge in [0.25, 0.3) is 0 Å². The molecule has 2 rings (SSSR count). The molecule has 0 spiro atoms. The van der Waals surface area contributed by atoms with Crippen molar-refractivity contribution in [3.8, 4) is 0 Å². The Morgan fingerprint density at radius 1 is 1.18 bits per heavy atom. The molecule has 1 aromatic rings. The number of halogens is 2. The number of benzene rings is 1. The maximum absolute atomic E-state index is 13.5. The Bertz CT molecular complexity index is 387. The average Bonchev–Trinajstić information content (AvgIpc) is 2.78. The first kappa shape index (κ1) is 12.3. The Morgan fingerprint density at radius 2 is 1.88 bits per heavy atom. The third-order valence-electron chi connectivity index (χ3n) is 3.19. The van der Waals surface area contributed by atoms with Crippen molar-refractivity contribution in [1.29, 1.82) is 0 Å². The first-order valence-electron chi connectivity index (χ1n) is 6.08. The molecule has 1 aliphatic rings. The molecular weight excluding hydrogens is 222 g/mol. The van der Waals surface area contributed by atoms with Gasteiger partial charge in [0, 0.05) is 19.2 Å². The van der Waals surface area contributed by atoms with Crippen LogP contribution in [0.1, 0.15) is 18.4 Å². The summed E-state index contributed by atoms with van der Waals surface area (Å²) in [5.41, 5.74) is 0.597. The predicted octanol–water partition coefficient (Wildman–Crippen LogP) is 2.78. The zero-order valence-corrected chi connectivity index (χ0v) is 10.1. The highest BCUT2D eigenvalue weighted by Crippen LogP contribution is 2.18. The van der Waals surface area contributed by atoms with Crippen LogP contribution in [0.15, 0.2) is 12.1 Å². The highest BCUT2D eigenvalue weighted by Gasteiger charge is 2.11. The second-order valence-corrected chi connectivity index (χ2v) is 4.56. The molecule has 1 aliphatic heterocycles. The molecule has 4 heteroatoms. The Hall–Kier alpha value is -1.16. The van der Waals surface area contributed by atoms with Gasteiger partial charge in [0.2, 0.25) is 0 Å². The van der Waals surface area contributed by atoms with E-state index in [1.54, 1.807) is 6.92 Å². The van der Waals surface area contributed by atoms with Crippen LogP contribution in [0.25, 0.3) is 0 Å². The van der Waals surface area contributed by atoms with Crippen molar-refractivity contribution in [3.63, 3.8) is 0 Å². The molecule has 94 valence electrons. The van der Waals surface area contributed by atoms with Gasteiger partial charge in [-0.25, -0.2) is 8.78 Å². The van der Waals surface area contributed by atoms with Crippen LogP contribution in [0.2, 0.25) is 0 Å². The summed E-state index contributed by atoms with van der Waals surface area (Å²) in [4.78, 5) is 2.33. The zero-order valence-electron chi connectivity index (χ0n) is 10.1. The van der Waals surface area contributed by atoms with Gasteiger partial charge in [-0.2, -0.15) is 0 Å². The molecule has 1 fully saturated rings. The van der Waals surface area contributed by atoms with Crippen LogP contribution in [0.3, 0.4) is 0 Å². The van der Waals surface area contributed by atoms with Gasteiger partial charge in [0.1, 0.15) is 11.6 Å². The molecule has 1 heterocycles. The molecule has 0 amide bonds. The van der Waals surface area contributed by atoms with Crippen molar-refractivity contribution in [2.45, 2.75) is 19.8 Å². The Balaban J connectivity index is 1.87. The minimum Gasteiger partial charge on any atom is -0.381 e. The van der Waals surface area contributed by atoms with Crippen molar-refractivity contribution in [1.82, 2.24) is 4.90 Å². The topological polar surface area (TPSA) is 15.3 Å². The Labute approximate surface area is 101 Å². The first-order valence-corrected chi connectivity index (χ1v) is 6.08. The number of aryl methyl sites for hydroxylation is 1. The summed E-state index contributed by atoms with van der Waals surface area (Å²) in [6, 6.07) is 2.46. The van der Waals surface area contributed by atoms with Crippen LogP contribution in [0.4, 0.5) is 14.5 Å². The van der Waals surface area contributed by atoms with Gasteiger partial charge in [-0.1, -0.05) is 0 Å². The van der Waals surface area contributed by atoms with Gasteiger partial charge in [-0.15, -0.1) is 0 Å². The largest absolute Gasteiger partial charge is 0.381 e. The van der Waals surface area contributed by atoms with E-state index in [1.165, 1.54) is 25.0 Å². The SMILES string of the molecule is Cc1cc(F)c(NCCN2CCCC2)cc1F. The second kappa shape index (κ2) is 5.45. The van der Waals surface area contributed by atoms with Crippen molar-refractivity contribution < 1.29 is 8.78 Å². The number of nitrogens with one attached hydrogen (secondary N) is 1. The van der Waals surface area contributed by atoms with Crippen molar-refractivity contribution in [3.05, 3.63) is 29.3 Å². The van der Waals surface area contributed by atoms with Gasteiger partial charge >= 0.3 is 0 Å². The van der Waals surface area contributed by atoms with Gasteiger partial charge in [-0.3, -0.25) is 0 Å². The lowest BCUT2D eigenvalue weighted by Gasteiger charge is -2.15. The number of hydrogen-bond donors (Lipinski definition) is 1. The van der Waals surface area contributed by atoms with Gasteiger partial charge in [0.15, 0.2) is 0 Å². The standard InChI is InChI=1S/C13H18F2N2/c1-10-8-12(15)13(9-11(10)14)16-4-7-17-5-2-3-6-17/h8-9,16H,2-7H2,1H3. The first-order chi connectivity index (χ1) is 8.16. The average molecular weight is 240 g/mol. The molecule has 0 saturated carbocycles. The molecule has 0 bridgehead atoms. The lowest BCUT2D eigenvalue weighted by Crippen LogP contribution is -2.26. The van der Waals surface area contributed by atoms with Crippen molar-refractivity contribution in [2.24, 2.45) is 0 Å². The lowest BCUT2D eigenvalue weighted by atomic mass is 10.2. The molecule has 0 aromatic heterocycles. The Kier molecular flexibility index (Phi) is 3.94. The zero-order chi connectivity index (χ0) is 12.3. The maximum atomic E-state index is 13.5. The monoisotopic (exact) mass is 240 g/mol. The molecule has 1 saturated heterocycles. The minimum absolute atomic E-state index is 0.257. The molecular formula is C13H18F2N2. The fraction of sp³-hybridized carbons (Fsp3) is 0.538. The van der Waals surface area contributed by atoms with E-state index >= 15 is 0 Å². The fourth-order valence-corrected chi connectivity index (χ4v) is 2.14. The number of rotatable bonds is 4. The highest BCUT2D eigenvalue weighted by molar-refractivity contribution is 5.46. The van der Waals surface area contributed by atoms with E-state index < -0.39 is 0 Å². The molecule has 0 radical (unpaired) electrons. The highest BCUT2D eigenvalue weighted by atomic mass is 19.1. The van der Waals surface area contributed by atoms with Crippen LogP contribution >= 0.6 is 0 Å². The quantitative estimate of drug-likeness (QED) is 0.870. The smallest absolute Gasteiger partial charge is 0.146 e. The second-order valence-electron chi connectivity index (χ2n) is 4.56. The third-order valence-corrected chi connectivity index (χ3v) is 3.19. The van der Waals surface area contributed by atoms with Crippen LogP contribution in [0.5, 0.6) is 0 Å². The van der Waals surface area contributed by atoms with Crippen LogP contribution in [0, 0.1) is 18.6 Å². The summed E-state index contributed by atoms with van der Waals surface area (Å²) < 4.78 is 26.8. The third kappa shape index (κ3) is 3.16. The van der Waals surface area contributed by atoms with E-state index in [4.69, 9.17) is 0 Å². The van der Waals surface area contributed by atoms with Crippen LogP contribution in [-0.2, 0) is 0 Å². The van der Waals surface area contributed by atoms with Crippen molar-refractivity contribution in [2.75, 3.05) is 31.5 Å². The minimum atomic E-state index is -0.384. The fourth-order valence-electron chi connectivity index (χ4n) is 2.14. The molecule has 1 N–H and O–H groups in total. The molecule has 1 aromatic carbocycles. The van der Waals surface area contributed by atoms with E-state index in [9.17, 15) is 8.78 Å². The van der Waals surface area contributed by atoms with Gasteiger partial charge in [-0.05, 0) is 44.5 Å². The summed E-state index contributed by atoms with van der Waals surface area (Å²) in [5.74, 6) is -0.750. The number of hydrogen-bond acceptors (Lipinski definition) is 2. The van der Waals surface area contributed by atoms with E-state index in [0.29, 0.717) is 12.1 Å². The summed E-state index contributed by atoms with van der Waals surface area (Å²) >= 11 is 0. The summed E-state index contributed by atoms with van der Waals surface area (Å²) in [5, 5.41) is 2.95.